The fourth-order valence-corrected chi connectivity index (χ4v) is 4.81. The highest BCUT2D eigenvalue weighted by Crippen LogP contribution is 2.26. The molecule has 0 bridgehead atoms. The first-order chi connectivity index (χ1) is 15.1. The predicted octanol–water partition coefficient (Wildman–Crippen LogP) is 3.00. The SMILES string of the molecule is CCc1nc(CN2CCC(CNC(=O)COc3ccc4c(c3)CCC(=O)N4)CC2)cs1. The third-order valence-electron chi connectivity index (χ3n) is 5.92. The van der Waals surface area contributed by atoms with E-state index in [0.29, 0.717) is 31.1 Å². The topological polar surface area (TPSA) is 83.6 Å². The van der Waals surface area contributed by atoms with Crippen LogP contribution in [0.15, 0.2) is 23.6 Å². The number of benzene rings is 1. The summed E-state index contributed by atoms with van der Waals surface area (Å²) in [6.45, 7) is 5.86. The highest BCUT2D eigenvalue weighted by Gasteiger charge is 2.21. The molecule has 7 nitrogen and oxygen atoms in total. The Morgan fingerprint density at radius 1 is 1.32 bits per heavy atom. The second-order valence-electron chi connectivity index (χ2n) is 8.27. The van der Waals surface area contributed by atoms with Crippen LogP contribution in [0.2, 0.25) is 0 Å². The predicted molar refractivity (Wildman–Crippen MR) is 121 cm³/mol. The normalized spacial score (nSPS) is 17.1. The van der Waals surface area contributed by atoms with Gasteiger partial charge >= 0.3 is 0 Å². The Labute approximate surface area is 187 Å². The summed E-state index contributed by atoms with van der Waals surface area (Å²) in [5, 5.41) is 9.24. The van der Waals surface area contributed by atoms with Crippen molar-refractivity contribution in [3.63, 3.8) is 0 Å². The summed E-state index contributed by atoms with van der Waals surface area (Å²) in [5.41, 5.74) is 3.06. The van der Waals surface area contributed by atoms with Crippen LogP contribution in [0.1, 0.15) is 42.5 Å². The third-order valence-corrected chi connectivity index (χ3v) is 6.97. The van der Waals surface area contributed by atoms with Crippen molar-refractivity contribution in [2.45, 2.75) is 45.6 Å². The summed E-state index contributed by atoms with van der Waals surface area (Å²) in [5.74, 6) is 1.11. The third kappa shape index (κ3) is 6.04. The molecule has 0 aliphatic carbocycles. The van der Waals surface area contributed by atoms with Gasteiger partial charge in [-0.2, -0.15) is 0 Å². The maximum Gasteiger partial charge on any atom is 0.257 e. The van der Waals surface area contributed by atoms with Crippen LogP contribution in [0.3, 0.4) is 0 Å². The van der Waals surface area contributed by atoms with E-state index in [-0.39, 0.29) is 18.4 Å². The lowest BCUT2D eigenvalue weighted by molar-refractivity contribution is -0.123. The quantitative estimate of drug-likeness (QED) is 0.657. The average Bonchev–Trinajstić information content (AvgIpc) is 3.24. The van der Waals surface area contributed by atoms with Gasteiger partial charge in [0.25, 0.3) is 5.91 Å². The number of nitrogens with one attached hydrogen (secondary N) is 2. The zero-order chi connectivity index (χ0) is 21.6. The molecule has 2 N–H and O–H groups in total. The number of amides is 2. The number of piperidine rings is 1. The van der Waals surface area contributed by atoms with E-state index in [9.17, 15) is 9.59 Å². The molecule has 1 saturated heterocycles. The minimum Gasteiger partial charge on any atom is -0.484 e. The summed E-state index contributed by atoms with van der Waals surface area (Å²) in [6.07, 6.45) is 4.36. The summed E-state index contributed by atoms with van der Waals surface area (Å²) < 4.78 is 5.66. The molecule has 1 fully saturated rings. The molecule has 2 aliphatic heterocycles. The van der Waals surface area contributed by atoms with Gasteiger partial charge in [0.2, 0.25) is 5.91 Å². The fraction of sp³-hybridized carbons (Fsp3) is 0.522. The van der Waals surface area contributed by atoms with Gasteiger partial charge in [0.05, 0.1) is 10.7 Å². The van der Waals surface area contributed by atoms with Gasteiger partial charge in [-0.05, 0) is 68.5 Å². The molecule has 0 spiro atoms. The van der Waals surface area contributed by atoms with Crippen molar-refractivity contribution >= 4 is 28.8 Å². The van der Waals surface area contributed by atoms with Crippen LogP contribution in [0, 0.1) is 5.92 Å². The smallest absolute Gasteiger partial charge is 0.257 e. The molecule has 1 aromatic heterocycles. The first-order valence-electron chi connectivity index (χ1n) is 11.1. The molecule has 2 aromatic rings. The second-order valence-corrected chi connectivity index (χ2v) is 9.21. The minimum absolute atomic E-state index is 0.00752. The van der Waals surface area contributed by atoms with E-state index in [0.717, 1.165) is 50.1 Å². The number of carbonyl (C=O) groups is 2. The standard InChI is InChI=1S/C23H30N4O3S/c1-2-23-25-18(15-31-23)13-27-9-7-16(8-10-27)12-24-22(29)14-30-19-4-5-20-17(11-19)3-6-21(28)26-20/h4-5,11,15-16H,2-3,6-10,12-14H2,1H3,(H,24,29)(H,26,28). The van der Waals surface area contributed by atoms with E-state index >= 15 is 0 Å². The van der Waals surface area contributed by atoms with Crippen molar-refractivity contribution in [1.29, 1.82) is 0 Å². The fourth-order valence-electron chi connectivity index (χ4n) is 4.07. The number of hydrogen-bond donors (Lipinski definition) is 2. The molecule has 2 amide bonds. The van der Waals surface area contributed by atoms with E-state index in [1.165, 1.54) is 10.7 Å². The number of rotatable bonds is 8. The summed E-state index contributed by atoms with van der Waals surface area (Å²) in [7, 11) is 0. The Morgan fingerprint density at radius 2 is 2.16 bits per heavy atom. The summed E-state index contributed by atoms with van der Waals surface area (Å²) in [6, 6.07) is 5.53. The summed E-state index contributed by atoms with van der Waals surface area (Å²) in [4.78, 5) is 30.8. The van der Waals surface area contributed by atoms with Crippen LogP contribution in [0.4, 0.5) is 5.69 Å². The number of aryl methyl sites for hydroxylation is 2. The van der Waals surface area contributed by atoms with Crippen LogP contribution in [-0.4, -0.2) is 47.9 Å². The molecule has 3 heterocycles. The van der Waals surface area contributed by atoms with Gasteiger partial charge in [-0.25, -0.2) is 4.98 Å². The maximum atomic E-state index is 12.2. The number of fused-ring (bicyclic) bond motifs is 1. The number of anilines is 1. The van der Waals surface area contributed by atoms with Gasteiger partial charge < -0.3 is 15.4 Å². The van der Waals surface area contributed by atoms with Crippen molar-refractivity contribution < 1.29 is 14.3 Å². The Morgan fingerprint density at radius 3 is 2.94 bits per heavy atom. The Hall–Kier alpha value is -2.45. The Bertz CT molecular complexity index is 921. The van der Waals surface area contributed by atoms with E-state index in [2.05, 4.69) is 32.8 Å². The highest BCUT2D eigenvalue weighted by atomic mass is 32.1. The van der Waals surface area contributed by atoms with Crippen molar-refractivity contribution in [2.75, 3.05) is 31.6 Å². The molecule has 0 saturated carbocycles. The van der Waals surface area contributed by atoms with Crippen LogP contribution >= 0.6 is 11.3 Å². The van der Waals surface area contributed by atoms with E-state index < -0.39 is 0 Å². The Balaban J connectivity index is 1.14. The van der Waals surface area contributed by atoms with Gasteiger partial charge in [-0.3, -0.25) is 14.5 Å². The summed E-state index contributed by atoms with van der Waals surface area (Å²) >= 11 is 1.75. The van der Waals surface area contributed by atoms with Crippen molar-refractivity contribution in [3.8, 4) is 5.75 Å². The molecular formula is C23H30N4O3S. The van der Waals surface area contributed by atoms with Crippen molar-refractivity contribution in [2.24, 2.45) is 5.92 Å². The highest BCUT2D eigenvalue weighted by molar-refractivity contribution is 7.09. The molecule has 2 aliphatic rings. The van der Waals surface area contributed by atoms with Crippen LogP contribution in [0.25, 0.3) is 0 Å². The molecule has 31 heavy (non-hydrogen) atoms. The van der Waals surface area contributed by atoms with Crippen LogP contribution in [0.5, 0.6) is 5.75 Å². The molecule has 0 atom stereocenters. The lowest BCUT2D eigenvalue weighted by atomic mass is 9.96. The number of thiazole rings is 1. The zero-order valence-electron chi connectivity index (χ0n) is 18.0. The maximum absolute atomic E-state index is 12.2. The molecular weight excluding hydrogens is 412 g/mol. The van der Waals surface area contributed by atoms with Crippen molar-refractivity contribution in [3.05, 3.63) is 39.8 Å². The first kappa shape index (κ1) is 21.8. The van der Waals surface area contributed by atoms with Gasteiger partial charge in [0.1, 0.15) is 5.75 Å². The molecule has 1 aromatic carbocycles. The van der Waals surface area contributed by atoms with Crippen LogP contribution in [-0.2, 0) is 29.0 Å². The number of aromatic nitrogens is 1. The lowest BCUT2D eigenvalue weighted by Crippen LogP contribution is -2.39. The zero-order valence-corrected chi connectivity index (χ0v) is 18.8. The molecule has 166 valence electrons. The number of nitrogens with zero attached hydrogens (tertiary/aromatic N) is 2. The second kappa shape index (κ2) is 10.2. The van der Waals surface area contributed by atoms with E-state index in [1.807, 2.05) is 12.1 Å². The monoisotopic (exact) mass is 442 g/mol. The first-order valence-corrected chi connectivity index (χ1v) is 11.9. The molecule has 0 unspecified atom stereocenters. The van der Waals surface area contributed by atoms with Gasteiger partial charge in [0.15, 0.2) is 6.61 Å². The van der Waals surface area contributed by atoms with Gasteiger partial charge in [0, 0.05) is 30.6 Å². The van der Waals surface area contributed by atoms with Gasteiger partial charge in [-0.15, -0.1) is 11.3 Å². The van der Waals surface area contributed by atoms with E-state index in [1.54, 1.807) is 17.4 Å². The molecule has 0 radical (unpaired) electrons. The number of likely N-dealkylation sites (tertiary alicyclic amines) is 1. The average molecular weight is 443 g/mol. The van der Waals surface area contributed by atoms with Crippen molar-refractivity contribution in [1.82, 2.24) is 15.2 Å². The van der Waals surface area contributed by atoms with E-state index in [4.69, 9.17) is 4.74 Å². The number of hydrogen-bond acceptors (Lipinski definition) is 6. The molecule has 4 rings (SSSR count). The Kier molecular flexibility index (Phi) is 7.19. The largest absolute Gasteiger partial charge is 0.484 e. The number of carbonyl (C=O) groups excluding carboxylic acids is 2. The lowest BCUT2D eigenvalue weighted by Gasteiger charge is -2.31. The molecule has 8 heteroatoms. The van der Waals surface area contributed by atoms with Crippen LogP contribution < -0.4 is 15.4 Å². The van der Waals surface area contributed by atoms with Gasteiger partial charge in [-0.1, -0.05) is 6.92 Å². The number of ether oxygens (including phenoxy) is 1. The minimum atomic E-state index is -0.0944.